The Bertz CT molecular complexity index is 3650. The van der Waals surface area contributed by atoms with Gasteiger partial charge in [-0.25, -0.2) is 0 Å². The van der Waals surface area contributed by atoms with E-state index in [1.165, 1.54) is 72.4 Å². The highest BCUT2D eigenvalue weighted by Gasteiger charge is 2.62. The monoisotopic (exact) mass is 901 g/mol. The van der Waals surface area contributed by atoms with Crippen LogP contribution in [-0.4, -0.2) is 0 Å². The van der Waals surface area contributed by atoms with Gasteiger partial charge in [0.1, 0.15) is 11.2 Å². The summed E-state index contributed by atoms with van der Waals surface area (Å²) in [6, 6.07) is 40.4. The lowest BCUT2D eigenvalue weighted by atomic mass is 9.62. The highest BCUT2D eigenvalue weighted by Crippen LogP contribution is 2.72. The van der Waals surface area contributed by atoms with Crippen LogP contribution in [0.4, 0.5) is 11.4 Å². The first kappa shape index (κ1) is 39.7. The van der Waals surface area contributed by atoms with Crippen molar-refractivity contribution in [2.75, 3.05) is 4.90 Å². The third-order valence-corrected chi connectivity index (χ3v) is 18.8. The number of rotatable bonds is 4. The zero-order chi connectivity index (χ0) is 45.7. The minimum absolute atomic E-state index is 0.130. The fourth-order valence-corrected chi connectivity index (χ4v) is 16.4. The summed E-state index contributed by atoms with van der Waals surface area (Å²) in [6.45, 7) is 0. The molecule has 70 heavy (non-hydrogen) atoms. The van der Waals surface area contributed by atoms with Crippen LogP contribution >= 0.6 is 0 Å². The van der Waals surface area contributed by atoms with Crippen molar-refractivity contribution in [2.24, 2.45) is 23.2 Å². The lowest BCUT2D eigenvalue weighted by Crippen LogP contribution is -2.34. The van der Waals surface area contributed by atoms with E-state index in [0.29, 0.717) is 23.7 Å². The van der Waals surface area contributed by atoms with Crippen LogP contribution in [0.5, 0.6) is 0 Å². The molecule has 0 saturated heterocycles. The molecule has 0 radical (unpaired) electrons. The molecule has 5 aromatic carbocycles. The quantitative estimate of drug-likeness (QED) is 0.164. The Balaban J connectivity index is 0.982. The molecule has 0 amide bonds. The van der Waals surface area contributed by atoms with E-state index in [4.69, 9.17) is 4.42 Å². The molecule has 338 valence electrons. The predicted octanol–water partition coefficient (Wildman–Crippen LogP) is 17.3. The molecule has 2 heteroatoms. The summed E-state index contributed by atoms with van der Waals surface area (Å²) >= 11 is 0. The van der Waals surface area contributed by atoms with Gasteiger partial charge in [0.15, 0.2) is 0 Å². The van der Waals surface area contributed by atoms with E-state index in [-0.39, 0.29) is 16.7 Å². The highest BCUT2D eigenvalue weighted by molar-refractivity contribution is 6.13. The summed E-state index contributed by atoms with van der Waals surface area (Å²) in [6.07, 6.45) is 46.2. The average Bonchev–Trinajstić information content (AvgIpc) is 4.20. The lowest BCUT2D eigenvalue weighted by Gasteiger charge is -2.41. The Hall–Kier alpha value is -7.16. The molecule has 6 aromatic rings. The predicted molar refractivity (Wildman–Crippen MR) is 287 cm³/mol. The number of hydrogen-bond acceptors (Lipinski definition) is 2. The van der Waals surface area contributed by atoms with Crippen molar-refractivity contribution < 1.29 is 4.42 Å². The van der Waals surface area contributed by atoms with Gasteiger partial charge < -0.3 is 9.32 Å². The Morgan fingerprint density at radius 3 is 2.21 bits per heavy atom. The minimum atomic E-state index is -0.287. The van der Waals surface area contributed by atoms with Gasteiger partial charge in [0.05, 0.1) is 16.5 Å². The van der Waals surface area contributed by atoms with E-state index in [9.17, 15) is 0 Å². The van der Waals surface area contributed by atoms with E-state index in [1.54, 1.807) is 27.9 Å². The second-order valence-electron chi connectivity index (χ2n) is 21.6. The molecule has 1 aromatic heterocycles. The third-order valence-electron chi connectivity index (χ3n) is 18.8. The van der Waals surface area contributed by atoms with Gasteiger partial charge in [-0.05, 0) is 172 Å². The third kappa shape index (κ3) is 5.00. The second-order valence-corrected chi connectivity index (χ2v) is 21.6. The van der Waals surface area contributed by atoms with Crippen LogP contribution in [0.3, 0.4) is 0 Å². The molecule has 10 aliphatic rings. The van der Waals surface area contributed by atoms with E-state index >= 15 is 0 Å². The van der Waals surface area contributed by atoms with Crippen LogP contribution < -0.4 is 4.90 Å². The molecule has 0 aliphatic heterocycles. The standard InChI is InChI=1S/C68H55NO/c1-2-18-42(19-3-1)43-36-38-49-50-39-37-44(41-60(50)68(59(49)40-43)55-28-12-6-22-47(55)48-23-7-13-29-56(48)68)69(62-33-17-35-64-66(62)52-25-9-15-34-63(52)70-64)61-32-16-31-58-65(61)51-24-8-14-30-57(51)67(58)53-26-10-4-20-45(53)46-21-5-11-27-54(46)67/h1-9,12-15,17-18,20-22,24-25,28,30-31,33-42,48,51,56-57H,10-11,16,19,23,26-27,29,32H2. The van der Waals surface area contributed by atoms with E-state index in [1.807, 2.05) is 0 Å². The van der Waals surface area contributed by atoms with Gasteiger partial charge in [-0.3, -0.25) is 0 Å². The minimum Gasteiger partial charge on any atom is -0.456 e. The van der Waals surface area contributed by atoms with Crippen LogP contribution in [0.25, 0.3) is 33.1 Å². The number of hydrogen-bond donors (Lipinski definition) is 0. The molecule has 0 N–H and O–H groups in total. The molecule has 1 fully saturated rings. The molecule has 6 atom stereocenters. The number of para-hydroxylation sites is 1. The van der Waals surface area contributed by atoms with Crippen molar-refractivity contribution >= 4 is 33.3 Å². The van der Waals surface area contributed by atoms with Crippen LogP contribution in [0.2, 0.25) is 0 Å². The first-order valence-electron chi connectivity index (χ1n) is 26.4. The molecule has 16 rings (SSSR count). The molecule has 2 spiro atoms. The van der Waals surface area contributed by atoms with Gasteiger partial charge in [-0.1, -0.05) is 164 Å². The lowest BCUT2D eigenvalue weighted by molar-refractivity contribution is 0.345. The smallest absolute Gasteiger partial charge is 0.137 e. The van der Waals surface area contributed by atoms with Gasteiger partial charge in [-0.15, -0.1) is 0 Å². The molecule has 1 saturated carbocycles. The van der Waals surface area contributed by atoms with Crippen molar-refractivity contribution in [3.8, 4) is 11.1 Å². The number of nitrogens with zero attached hydrogens (tertiary/aromatic N) is 1. The van der Waals surface area contributed by atoms with Gasteiger partial charge in [-0.2, -0.15) is 0 Å². The zero-order valence-electron chi connectivity index (χ0n) is 39.6. The molecular formula is C68H55NO. The number of benzene rings is 5. The summed E-state index contributed by atoms with van der Waals surface area (Å²) in [5, 5.41) is 2.36. The van der Waals surface area contributed by atoms with Crippen molar-refractivity contribution in [1.82, 2.24) is 0 Å². The SMILES string of the molecule is C1=CCC(c2ccc3c(c2)C2(c4cc(N(C5=C6C(=CCC5)C5(C7=C(C=CCC7)C7=C5CCC=C7)C5C=CC=CC65)c5cccc6oc7ccccc7c56)ccc4-3)c3ccccc3C3CC=CCC32)C=C1. The van der Waals surface area contributed by atoms with Crippen molar-refractivity contribution in [1.29, 1.82) is 0 Å². The van der Waals surface area contributed by atoms with Gasteiger partial charge >= 0.3 is 0 Å². The Kier molecular flexibility index (Phi) is 8.32. The van der Waals surface area contributed by atoms with Gasteiger partial charge in [0.2, 0.25) is 0 Å². The maximum Gasteiger partial charge on any atom is 0.137 e. The average molecular weight is 902 g/mol. The Labute approximate surface area is 411 Å². The Morgan fingerprint density at radius 2 is 1.34 bits per heavy atom. The van der Waals surface area contributed by atoms with Crippen LogP contribution in [0.15, 0.2) is 238 Å². The fourth-order valence-electron chi connectivity index (χ4n) is 16.4. The summed E-state index contributed by atoms with van der Waals surface area (Å²) < 4.78 is 6.77. The van der Waals surface area contributed by atoms with Crippen LogP contribution in [-0.2, 0) is 5.41 Å². The number of furan rings is 1. The van der Waals surface area contributed by atoms with E-state index < -0.39 is 0 Å². The Morgan fingerprint density at radius 1 is 0.571 bits per heavy atom. The van der Waals surface area contributed by atoms with Crippen LogP contribution in [0.1, 0.15) is 97.4 Å². The van der Waals surface area contributed by atoms with Crippen molar-refractivity contribution in [3.05, 3.63) is 261 Å². The molecular weight excluding hydrogens is 847 g/mol. The number of anilines is 2. The normalized spacial score (nSPS) is 27.6. The summed E-state index contributed by atoms with van der Waals surface area (Å²) in [7, 11) is 0. The first-order valence-corrected chi connectivity index (χ1v) is 26.4. The highest BCUT2D eigenvalue weighted by atomic mass is 16.3. The van der Waals surface area contributed by atoms with Crippen molar-refractivity contribution in [3.63, 3.8) is 0 Å². The maximum atomic E-state index is 6.77. The summed E-state index contributed by atoms with van der Waals surface area (Å²) in [4.78, 5) is 2.76. The molecule has 0 bridgehead atoms. The maximum absolute atomic E-state index is 6.77. The first-order chi connectivity index (χ1) is 34.7. The summed E-state index contributed by atoms with van der Waals surface area (Å²) in [5.74, 6) is 1.86. The molecule has 1 heterocycles. The topological polar surface area (TPSA) is 16.4 Å². The van der Waals surface area contributed by atoms with Gasteiger partial charge in [0, 0.05) is 39.9 Å². The van der Waals surface area contributed by atoms with E-state index in [2.05, 4.69) is 199 Å². The zero-order valence-corrected chi connectivity index (χ0v) is 39.6. The second kappa shape index (κ2) is 14.7. The van der Waals surface area contributed by atoms with Crippen LogP contribution in [0, 0.1) is 23.2 Å². The number of fused-ring (bicyclic) bond motifs is 21. The van der Waals surface area contributed by atoms with Gasteiger partial charge in [0.25, 0.3) is 0 Å². The summed E-state index contributed by atoms with van der Waals surface area (Å²) in [5.41, 5.74) is 25.1. The molecule has 10 aliphatic carbocycles. The van der Waals surface area contributed by atoms with E-state index in [0.717, 1.165) is 69.0 Å². The molecule has 6 unspecified atom stereocenters. The largest absolute Gasteiger partial charge is 0.456 e. The molecule has 2 nitrogen and oxygen atoms in total. The fraction of sp³-hybridized carbons (Fsp3) is 0.235. The number of allylic oxidation sites excluding steroid dienone is 22. The van der Waals surface area contributed by atoms with Crippen molar-refractivity contribution in [2.45, 2.75) is 75.0 Å².